The van der Waals surface area contributed by atoms with Crippen LogP contribution in [0.1, 0.15) is 21.7 Å². The van der Waals surface area contributed by atoms with Crippen molar-refractivity contribution in [3.63, 3.8) is 0 Å². The maximum absolute atomic E-state index is 13.3. The van der Waals surface area contributed by atoms with Crippen molar-refractivity contribution in [2.45, 2.75) is 18.9 Å². The highest BCUT2D eigenvalue weighted by atomic mass is 19.1. The van der Waals surface area contributed by atoms with Gasteiger partial charge in [0.15, 0.2) is 0 Å². The molecule has 138 valence electrons. The van der Waals surface area contributed by atoms with Crippen LogP contribution in [0.25, 0.3) is 16.8 Å². The number of carbonyl (C=O) groups excluding carboxylic acids is 1. The lowest BCUT2D eigenvalue weighted by molar-refractivity contribution is 0.0927. The van der Waals surface area contributed by atoms with Crippen LogP contribution in [0.5, 0.6) is 0 Å². The monoisotopic (exact) mass is 371 g/mol. The van der Waals surface area contributed by atoms with Crippen molar-refractivity contribution < 1.29 is 9.18 Å². The van der Waals surface area contributed by atoms with Crippen molar-refractivity contribution in [3.8, 4) is 11.3 Å². The van der Waals surface area contributed by atoms with Gasteiger partial charge < -0.3 is 5.32 Å². The molecule has 0 saturated carbocycles. The molecule has 0 spiro atoms. The van der Waals surface area contributed by atoms with Gasteiger partial charge in [0, 0.05) is 17.8 Å². The predicted octanol–water partition coefficient (Wildman–Crippen LogP) is 4.04. The number of pyridine rings is 1. The van der Waals surface area contributed by atoms with Crippen LogP contribution in [0.2, 0.25) is 0 Å². The zero-order valence-corrected chi connectivity index (χ0v) is 15.1. The summed E-state index contributed by atoms with van der Waals surface area (Å²) < 4.78 is 15.1. The fourth-order valence-electron chi connectivity index (χ4n) is 3.93. The Kier molecular flexibility index (Phi) is 3.93. The van der Waals surface area contributed by atoms with Crippen LogP contribution >= 0.6 is 0 Å². The lowest BCUT2D eigenvalue weighted by atomic mass is 10.1. The molecule has 4 nitrogen and oxygen atoms in total. The molecular formula is C23H18FN3O. The third-order valence-electron chi connectivity index (χ3n) is 5.26. The highest BCUT2D eigenvalue weighted by Crippen LogP contribution is 2.26. The zero-order chi connectivity index (χ0) is 19.1. The summed E-state index contributed by atoms with van der Waals surface area (Å²) in [4.78, 5) is 17.6. The summed E-state index contributed by atoms with van der Waals surface area (Å²) in [6, 6.07) is 20.2. The van der Waals surface area contributed by atoms with E-state index in [1.54, 1.807) is 16.5 Å². The number of nitrogens with zero attached hydrogens (tertiary/aromatic N) is 2. The van der Waals surface area contributed by atoms with Gasteiger partial charge in [0.1, 0.15) is 5.82 Å². The second-order valence-corrected chi connectivity index (χ2v) is 7.09. The molecule has 5 rings (SSSR count). The Bertz CT molecular complexity index is 1160. The van der Waals surface area contributed by atoms with Crippen LogP contribution in [0, 0.1) is 5.82 Å². The molecule has 4 aromatic rings. The van der Waals surface area contributed by atoms with Crippen LogP contribution in [-0.2, 0) is 12.8 Å². The standard InChI is InChI=1S/C23H18FN3O/c24-18-10-8-15(9-11-18)21-20-7-3-4-12-27(20)22(26-21)23(28)25-19-13-16-5-1-2-6-17(16)14-19/h1-12,19H,13-14H2,(H,25,28). The normalized spacial score (nSPS) is 13.6. The van der Waals surface area contributed by atoms with Crippen LogP contribution in [-0.4, -0.2) is 21.3 Å². The number of hydrogen-bond acceptors (Lipinski definition) is 2. The highest BCUT2D eigenvalue weighted by molar-refractivity contribution is 5.94. The quantitative estimate of drug-likeness (QED) is 0.591. The van der Waals surface area contributed by atoms with Crippen molar-refractivity contribution in [1.29, 1.82) is 0 Å². The van der Waals surface area contributed by atoms with Gasteiger partial charge in [0.2, 0.25) is 5.82 Å². The Labute approximate surface area is 161 Å². The number of benzene rings is 2. The van der Waals surface area contributed by atoms with E-state index < -0.39 is 0 Å². The molecule has 0 saturated heterocycles. The number of rotatable bonds is 3. The molecule has 2 aromatic heterocycles. The minimum absolute atomic E-state index is 0.0650. The van der Waals surface area contributed by atoms with E-state index in [9.17, 15) is 9.18 Å². The molecule has 2 aromatic carbocycles. The van der Waals surface area contributed by atoms with Crippen molar-refractivity contribution in [3.05, 3.63) is 95.7 Å². The summed E-state index contributed by atoms with van der Waals surface area (Å²) in [5.41, 5.74) is 4.83. The van der Waals surface area contributed by atoms with Gasteiger partial charge in [-0.05, 0) is 60.4 Å². The fourth-order valence-corrected chi connectivity index (χ4v) is 3.93. The SMILES string of the molecule is O=C(NC1Cc2ccccc2C1)c1nc(-c2ccc(F)cc2)c2ccccn12. The van der Waals surface area contributed by atoms with Crippen LogP contribution in [0.4, 0.5) is 4.39 Å². The number of halogens is 1. The van der Waals surface area contributed by atoms with Crippen molar-refractivity contribution in [2.75, 3.05) is 0 Å². The van der Waals surface area contributed by atoms with Gasteiger partial charge in [-0.3, -0.25) is 9.20 Å². The largest absolute Gasteiger partial charge is 0.346 e. The van der Waals surface area contributed by atoms with Crippen LogP contribution in [0.15, 0.2) is 72.9 Å². The number of imidazole rings is 1. The molecule has 0 aliphatic heterocycles. The number of hydrogen-bond donors (Lipinski definition) is 1. The van der Waals surface area contributed by atoms with Gasteiger partial charge in [0.25, 0.3) is 5.91 Å². The molecule has 5 heteroatoms. The maximum atomic E-state index is 13.3. The van der Waals surface area contributed by atoms with Gasteiger partial charge in [-0.2, -0.15) is 0 Å². The molecule has 1 aliphatic rings. The van der Waals surface area contributed by atoms with E-state index in [4.69, 9.17) is 0 Å². The summed E-state index contributed by atoms with van der Waals surface area (Å²) in [6.07, 6.45) is 3.49. The minimum atomic E-state index is -0.300. The molecule has 0 atom stereocenters. The fraction of sp³-hybridized carbons (Fsp3) is 0.130. The topological polar surface area (TPSA) is 46.4 Å². The lowest BCUT2D eigenvalue weighted by Gasteiger charge is -2.11. The van der Waals surface area contributed by atoms with Gasteiger partial charge in [-0.1, -0.05) is 30.3 Å². The number of carbonyl (C=O) groups is 1. The van der Waals surface area contributed by atoms with E-state index in [2.05, 4.69) is 22.4 Å². The Balaban J connectivity index is 1.48. The van der Waals surface area contributed by atoms with E-state index in [0.717, 1.165) is 23.9 Å². The molecule has 0 radical (unpaired) electrons. The number of amides is 1. The molecular weight excluding hydrogens is 353 g/mol. The predicted molar refractivity (Wildman–Crippen MR) is 106 cm³/mol. The second kappa shape index (κ2) is 6.60. The van der Waals surface area contributed by atoms with Crippen LogP contribution in [0.3, 0.4) is 0 Å². The minimum Gasteiger partial charge on any atom is -0.346 e. The maximum Gasteiger partial charge on any atom is 0.287 e. The van der Waals surface area contributed by atoms with Crippen molar-refractivity contribution in [2.24, 2.45) is 0 Å². The average Bonchev–Trinajstić information content (AvgIpc) is 3.29. The van der Waals surface area contributed by atoms with Gasteiger partial charge in [-0.25, -0.2) is 9.37 Å². The third kappa shape index (κ3) is 2.85. The molecule has 1 aliphatic carbocycles. The van der Waals surface area contributed by atoms with E-state index in [0.29, 0.717) is 11.5 Å². The van der Waals surface area contributed by atoms with Crippen molar-refractivity contribution >= 4 is 11.4 Å². The van der Waals surface area contributed by atoms with Gasteiger partial charge in [0.05, 0.1) is 11.2 Å². The first-order valence-corrected chi connectivity index (χ1v) is 9.30. The first-order valence-electron chi connectivity index (χ1n) is 9.30. The van der Waals surface area contributed by atoms with Crippen molar-refractivity contribution in [1.82, 2.24) is 14.7 Å². The number of nitrogens with one attached hydrogen (secondary N) is 1. The summed E-state index contributed by atoms with van der Waals surface area (Å²) in [6.45, 7) is 0. The number of aromatic nitrogens is 2. The molecule has 1 amide bonds. The summed E-state index contributed by atoms with van der Waals surface area (Å²) >= 11 is 0. The summed E-state index contributed by atoms with van der Waals surface area (Å²) in [5, 5.41) is 3.13. The number of fused-ring (bicyclic) bond motifs is 2. The summed E-state index contributed by atoms with van der Waals surface area (Å²) in [5.74, 6) is -0.163. The zero-order valence-electron chi connectivity index (χ0n) is 15.1. The first-order chi connectivity index (χ1) is 13.7. The lowest BCUT2D eigenvalue weighted by Crippen LogP contribution is -2.36. The van der Waals surface area contributed by atoms with E-state index in [1.807, 2.05) is 36.5 Å². The molecule has 0 fully saturated rings. The first kappa shape index (κ1) is 16.7. The molecule has 2 heterocycles. The Morgan fingerprint density at radius 2 is 1.64 bits per heavy atom. The Morgan fingerprint density at radius 3 is 2.36 bits per heavy atom. The van der Waals surface area contributed by atoms with Gasteiger partial charge >= 0.3 is 0 Å². The molecule has 0 bridgehead atoms. The average molecular weight is 371 g/mol. The van der Waals surface area contributed by atoms with E-state index in [-0.39, 0.29) is 17.8 Å². The van der Waals surface area contributed by atoms with E-state index in [1.165, 1.54) is 23.3 Å². The smallest absolute Gasteiger partial charge is 0.287 e. The highest BCUT2D eigenvalue weighted by Gasteiger charge is 2.25. The van der Waals surface area contributed by atoms with Crippen LogP contribution < -0.4 is 5.32 Å². The Hall–Kier alpha value is -3.47. The molecule has 0 unspecified atom stereocenters. The molecule has 1 N–H and O–H groups in total. The van der Waals surface area contributed by atoms with Gasteiger partial charge in [-0.15, -0.1) is 0 Å². The third-order valence-corrected chi connectivity index (χ3v) is 5.26. The Morgan fingerprint density at radius 1 is 0.964 bits per heavy atom. The molecule has 28 heavy (non-hydrogen) atoms. The summed E-state index contributed by atoms with van der Waals surface area (Å²) in [7, 11) is 0. The second-order valence-electron chi connectivity index (χ2n) is 7.09. The van der Waals surface area contributed by atoms with E-state index >= 15 is 0 Å².